The van der Waals surface area contributed by atoms with Crippen molar-refractivity contribution in [2.75, 3.05) is 0 Å². The van der Waals surface area contributed by atoms with Crippen LogP contribution in [0.1, 0.15) is 51.5 Å². The van der Waals surface area contributed by atoms with Crippen molar-refractivity contribution >= 4 is 35.7 Å². The van der Waals surface area contributed by atoms with Crippen LogP contribution >= 0.6 is 0 Å². The Labute approximate surface area is 247 Å². The number of nitrogens with one attached hydrogen (secondary N) is 2. The van der Waals surface area contributed by atoms with Gasteiger partial charge in [0.25, 0.3) is 0 Å². The predicted octanol–water partition coefficient (Wildman–Crippen LogP) is 9.10. The van der Waals surface area contributed by atoms with E-state index in [1.165, 1.54) is 22.9 Å². The van der Waals surface area contributed by atoms with Crippen LogP contribution in [0.15, 0.2) is 116 Å². The van der Waals surface area contributed by atoms with Crippen molar-refractivity contribution in [1.29, 1.82) is 10.8 Å². The summed E-state index contributed by atoms with van der Waals surface area (Å²) in [6, 6.07) is 22.5. The second-order valence-electron chi connectivity index (χ2n) is 10.4. The number of fused-ring (bicyclic) bond motifs is 5. The first kappa shape index (κ1) is 26.9. The first-order valence-electron chi connectivity index (χ1n) is 14.1. The Balaban J connectivity index is 1.66. The summed E-state index contributed by atoms with van der Waals surface area (Å²) < 4.78 is 2.19. The van der Waals surface area contributed by atoms with Crippen LogP contribution in [-0.4, -0.2) is 21.5 Å². The summed E-state index contributed by atoms with van der Waals surface area (Å²) in [6.07, 6.45) is 21.1. The quantitative estimate of drug-likeness (QED) is 0.169. The van der Waals surface area contributed by atoms with Gasteiger partial charge in [-0.05, 0) is 59.2 Å². The third-order valence-electron chi connectivity index (χ3n) is 7.82. The van der Waals surface area contributed by atoms with Crippen LogP contribution < -0.4 is 0 Å². The first-order valence-corrected chi connectivity index (χ1v) is 14.1. The Morgan fingerprint density at radius 1 is 1.02 bits per heavy atom. The number of aromatic nitrogens is 2. The maximum absolute atomic E-state index is 8.83. The molecule has 2 aliphatic rings. The zero-order valence-corrected chi connectivity index (χ0v) is 23.4. The Morgan fingerprint density at radius 2 is 1.83 bits per heavy atom. The van der Waals surface area contributed by atoms with Crippen molar-refractivity contribution in [1.82, 2.24) is 9.55 Å². The van der Waals surface area contributed by atoms with E-state index in [9.17, 15) is 0 Å². The van der Waals surface area contributed by atoms with E-state index >= 15 is 0 Å². The summed E-state index contributed by atoms with van der Waals surface area (Å²) in [5, 5.41) is 16.9. The van der Waals surface area contributed by atoms with Crippen LogP contribution in [0.5, 0.6) is 0 Å². The predicted molar refractivity (Wildman–Crippen MR) is 178 cm³/mol. The molecule has 2 aromatic heterocycles. The van der Waals surface area contributed by atoms with Crippen molar-refractivity contribution in [3.05, 3.63) is 156 Å². The van der Waals surface area contributed by atoms with Gasteiger partial charge in [-0.1, -0.05) is 110 Å². The van der Waals surface area contributed by atoms with Crippen molar-refractivity contribution in [3.8, 4) is 17.1 Å². The van der Waals surface area contributed by atoms with Gasteiger partial charge in [0.1, 0.15) is 5.82 Å². The number of hydrogen-bond donors (Lipinski definition) is 2. The molecule has 6 rings (SSSR count). The van der Waals surface area contributed by atoms with Crippen LogP contribution in [-0.2, 0) is 6.42 Å². The third-order valence-corrected chi connectivity index (χ3v) is 7.82. The molecule has 0 saturated heterocycles. The van der Waals surface area contributed by atoms with Crippen LogP contribution in [0.2, 0.25) is 0 Å². The number of nitrogens with zero attached hydrogens (tertiary/aromatic N) is 2. The van der Waals surface area contributed by atoms with Crippen molar-refractivity contribution in [3.63, 3.8) is 0 Å². The van der Waals surface area contributed by atoms with Gasteiger partial charge in [-0.2, -0.15) is 0 Å². The summed E-state index contributed by atoms with van der Waals surface area (Å²) in [5.74, 6) is 0.681. The van der Waals surface area contributed by atoms with Crippen LogP contribution in [0.4, 0.5) is 0 Å². The van der Waals surface area contributed by atoms with Gasteiger partial charge in [0.05, 0.1) is 17.1 Å². The van der Waals surface area contributed by atoms with Gasteiger partial charge in [-0.15, -0.1) is 0 Å². The molecule has 204 valence electrons. The molecule has 0 fully saturated rings. The molecule has 42 heavy (non-hydrogen) atoms. The minimum absolute atomic E-state index is 0.0312. The molecule has 0 amide bonds. The molecule has 1 atom stereocenters. The Hall–Kier alpha value is -5.35. The van der Waals surface area contributed by atoms with Crippen molar-refractivity contribution < 1.29 is 0 Å². The topological polar surface area (TPSA) is 65.5 Å². The third kappa shape index (κ3) is 4.88. The van der Waals surface area contributed by atoms with Gasteiger partial charge in [0, 0.05) is 34.7 Å². The molecule has 2 aliphatic carbocycles. The molecular weight excluding hydrogens is 512 g/mol. The van der Waals surface area contributed by atoms with Gasteiger partial charge in [-0.25, -0.2) is 4.98 Å². The summed E-state index contributed by atoms with van der Waals surface area (Å²) >= 11 is 0. The van der Waals surface area contributed by atoms with Gasteiger partial charge < -0.3 is 10.8 Å². The second-order valence-corrected chi connectivity index (χ2v) is 10.4. The van der Waals surface area contributed by atoms with E-state index in [4.69, 9.17) is 15.8 Å². The van der Waals surface area contributed by atoms with Crippen LogP contribution in [0.3, 0.4) is 0 Å². The first-order chi connectivity index (χ1) is 20.6. The normalized spacial score (nSPS) is 15.9. The smallest absolute Gasteiger partial charge is 0.138 e. The lowest BCUT2D eigenvalue weighted by atomic mass is 9.91. The van der Waals surface area contributed by atoms with E-state index < -0.39 is 0 Å². The van der Waals surface area contributed by atoms with E-state index in [2.05, 4.69) is 72.4 Å². The highest BCUT2D eigenvalue weighted by Gasteiger charge is 2.28. The minimum Gasteiger partial charge on any atom is -0.313 e. The molecule has 0 radical (unpaired) electrons. The monoisotopic (exact) mass is 544 g/mol. The maximum atomic E-state index is 8.83. The molecule has 2 bridgehead atoms. The average Bonchev–Trinajstić information content (AvgIpc) is 3.18. The van der Waals surface area contributed by atoms with Gasteiger partial charge in [0.15, 0.2) is 0 Å². The summed E-state index contributed by atoms with van der Waals surface area (Å²) in [5.41, 5.74) is 10.8. The molecule has 0 aliphatic heterocycles. The van der Waals surface area contributed by atoms with E-state index in [0.717, 1.165) is 45.8 Å². The lowest BCUT2D eigenvalue weighted by Gasteiger charge is -2.20. The van der Waals surface area contributed by atoms with Crippen LogP contribution in [0, 0.1) is 10.8 Å². The molecule has 2 aromatic carbocycles. The minimum atomic E-state index is -0.0312. The highest BCUT2D eigenvalue weighted by atomic mass is 15.1. The summed E-state index contributed by atoms with van der Waals surface area (Å²) in [4.78, 5) is 5.20. The van der Waals surface area contributed by atoms with Gasteiger partial charge >= 0.3 is 0 Å². The molecule has 4 nitrogen and oxygen atoms in total. The van der Waals surface area contributed by atoms with Crippen molar-refractivity contribution in [2.45, 2.75) is 18.8 Å². The van der Waals surface area contributed by atoms with E-state index in [0.29, 0.717) is 18.0 Å². The fourth-order valence-corrected chi connectivity index (χ4v) is 5.93. The number of hydrogen-bond acceptors (Lipinski definition) is 3. The lowest BCUT2D eigenvalue weighted by molar-refractivity contribution is 0.876. The molecule has 4 heteroatoms. The zero-order chi connectivity index (χ0) is 29.1. The summed E-state index contributed by atoms with van der Waals surface area (Å²) in [7, 11) is 0. The van der Waals surface area contributed by atoms with E-state index in [1.54, 1.807) is 18.2 Å². The number of allylic oxidation sites excluding steroid dienone is 7. The lowest BCUT2D eigenvalue weighted by Crippen LogP contribution is -2.10. The standard InChI is InChI=1S/C38H32N4/c1-3-5-18-34(40)30-24-35(27-13-7-6-8-14-27)41-37(25-30)42-36(4-2)32(21-22-39)33-17-11-15-28-23-29(38(33)42)20-19-26-12-9-10-16-31(26)28/h3-14,16-20,22-25,29,39-40H,1-2,15,21H2/b17-11-,18-5-,39-22?,40-34?. The molecule has 4 aromatic rings. The SMILES string of the molecule is C=C/C=C\C(=N)c1cc(-c2ccccc2)nc(-n2c(C=C)c(CC=N)c3c2C2C=Cc4ccccc4C(=C2)C/C=C\3)c1. The van der Waals surface area contributed by atoms with E-state index in [1.807, 2.05) is 48.5 Å². The largest absolute Gasteiger partial charge is 0.313 e. The van der Waals surface area contributed by atoms with Gasteiger partial charge in [0.2, 0.25) is 0 Å². The van der Waals surface area contributed by atoms with E-state index in [-0.39, 0.29) is 5.92 Å². The number of benzene rings is 2. The second kappa shape index (κ2) is 11.6. The average molecular weight is 545 g/mol. The zero-order valence-electron chi connectivity index (χ0n) is 23.4. The molecule has 0 spiro atoms. The molecular formula is C38H32N4. The Kier molecular flexibility index (Phi) is 7.44. The molecule has 2 N–H and O–H groups in total. The van der Waals surface area contributed by atoms with Crippen LogP contribution in [0.25, 0.3) is 40.9 Å². The summed E-state index contributed by atoms with van der Waals surface area (Å²) in [6.45, 7) is 7.98. The maximum Gasteiger partial charge on any atom is 0.138 e. The molecule has 1 unspecified atom stereocenters. The highest BCUT2D eigenvalue weighted by Crippen LogP contribution is 2.41. The Bertz CT molecular complexity index is 1840. The number of pyridine rings is 1. The fraction of sp³-hybridized carbons (Fsp3) is 0.0789. The number of rotatable bonds is 8. The molecule has 0 saturated carbocycles. The van der Waals surface area contributed by atoms with Crippen molar-refractivity contribution in [2.24, 2.45) is 0 Å². The molecule has 2 heterocycles. The fourth-order valence-electron chi connectivity index (χ4n) is 5.93. The van der Waals surface area contributed by atoms with Gasteiger partial charge in [-0.3, -0.25) is 4.57 Å². The highest BCUT2D eigenvalue weighted by molar-refractivity contribution is 6.07. The Morgan fingerprint density at radius 3 is 2.62 bits per heavy atom.